The topological polar surface area (TPSA) is 29.5 Å². The molecule has 0 aromatic rings. The number of hydrogen-bond donors (Lipinski definition) is 0. The van der Waals surface area contributed by atoms with Crippen LogP contribution in [0.25, 0.3) is 0 Å². The lowest BCUT2D eigenvalue weighted by molar-refractivity contribution is -0.123. The average molecular weight is 241 g/mol. The summed E-state index contributed by atoms with van der Waals surface area (Å²) in [6.07, 6.45) is 1.74. The van der Waals surface area contributed by atoms with Gasteiger partial charge in [0.05, 0.1) is 12.1 Å². The Balaban J connectivity index is 2.56. The average Bonchev–Trinajstić information content (AvgIpc) is 2.69. The third kappa shape index (κ3) is 4.07. The second kappa shape index (κ2) is 6.50. The molecule has 3 heteroatoms. The molecule has 0 N–H and O–H groups in total. The molecule has 2 atom stereocenters. The van der Waals surface area contributed by atoms with Crippen LogP contribution < -0.4 is 0 Å². The van der Waals surface area contributed by atoms with Gasteiger partial charge in [0, 0.05) is 25.6 Å². The largest absolute Gasteiger partial charge is 0.377 e. The molecule has 0 bridgehead atoms. The number of hydrogen-bond acceptors (Lipinski definition) is 3. The number of rotatable bonds is 6. The lowest BCUT2D eigenvalue weighted by Gasteiger charge is -2.26. The molecule has 0 radical (unpaired) electrons. The molecule has 1 saturated heterocycles. The van der Waals surface area contributed by atoms with Crippen LogP contribution in [0.1, 0.15) is 47.5 Å². The summed E-state index contributed by atoms with van der Waals surface area (Å²) in [4.78, 5) is 14.2. The van der Waals surface area contributed by atoms with Gasteiger partial charge in [-0.1, -0.05) is 20.8 Å². The van der Waals surface area contributed by atoms with Gasteiger partial charge in [-0.2, -0.15) is 0 Å². The molecule has 1 fully saturated rings. The Bertz CT molecular complexity index is 251. The maximum Gasteiger partial charge on any atom is 0.149 e. The van der Waals surface area contributed by atoms with Crippen LogP contribution in [0.2, 0.25) is 0 Å². The van der Waals surface area contributed by atoms with Crippen molar-refractivity contribution in [2.24, 2.45) is 5.92 Å². The van der Waals surface area contributed by atoms with E-state index >= 15 is 0 Å². The lowest BCUT2D eigenvalue weighted by Crippen LogP contribution is -2.40. The Labute approximate surface area is 106 Å². The molecule has 2 unspecified atom stereocenters. The Kier molecular flexibility index (Phi) is 5.60. The maximum absolute atomic E-state index is 11.9. The van der Waals surface area contributed by atoms with Crippen molar-refractivity contribution in [1.82, 2.24) is 4.90 Å². The smallest absolute Gasteiger partial charge is 0.149 e. The van der Waals surface area contributed by atoms with Crippen molar-refractivity contribution in [3.05, 3.63) is 0 Å². The number of ether oxygens (including phenoxy) is 1. The van der Waals surface area contributed by atoms with E-state index in [4.69, 9.17) is 4.74 Å². The monoisotopic (exact) mass is 241 g/mol. The third-order valence-electron chi connectivity index (χ3n) is 3.35. The number of carbonyl (C=O) groups is 1. The maximum atomic E-state index is 11.9. The highest BCUT2D eigenvalue weighted by Crippen LogP contribution is 2.24. The van der Waals surface area contributed by atoms with E-state index in [1.54, 1.807) is 0 Å². The Morgan fingerprint density at radius 3 is 2.47 bits per heavy atom. The highest BCUT2D eigenvalue weighted by molar-refractivity contribution is 5.84. The van der Waals surface area contributed by atoms with Crippen molar-refractivity contribution in [2.45, 2.75) is 65.6 Å². The first-order chi connectivity index (χ1) is 7.95. The molecule has 0 aromatic heterocycles. The summed E-state index contributed by atoms with van der Waals surface area (Å²) in [7, 11) is 0. The summed E-state index contributed by atoms with van der Waals surface area (Å²) in [5.74, 6) is 0.915. The molecule has 1 aliphatic rings. The molecule has 17 heavy (non-hydrogen) atoms. The second-order valence-corrected chi connectivity index (χ2v) is 5.71. The van der Waals surface area contributed by atoms with E-state index in [0.717, 1.165) is 19.6 Å². The Hall–Kier alpha value is -0.410. The molecule has 100 valence electrons. The van der Waals surface area contributed by atoms with E-state index < -0.39 is 0 Å². The summed E-state index contributed by atoms with van der Waals surface area (Å²) >= 11 is 0. The first kappa shape index (κ1) is 14.7. The van der Waals surface area contributed by atoms with Crippen LogP contribution in [-0.4, -0.2) is 42.0 Å². The van der Waals surface area contributed by atoms with E-state index in [1.807, 2.05) is 6.92 Å². The normalized spacial score (nSPS) is 26.1. The first-order valence-electron chi connectivity index (χ1n) is 6.85. The predicted molar refractivity (Wildman–Crippen MR) is 70.1 cm³/mol. The van der Waals surface area contributed by atoms with Crippen LogP contribution in [0.3, 0.4) is 0 Å². The van der Waals surface area contributed by atoms with Gasteiger partial charge in [0.2, 0.25) is 0 Å². The number of ketones is 1. The first-order valence-corrected chi connectivity index (χ1v) is 6.85. The fourth-order valence-electron chi connectivity index (χ4n) is 2.39. The molecule has 3 nitrogen and oxygen atoms in total. The molecule has 0 aliphatic carbocycles. The van der Waals surface area contributed by atoms with Gasteiger partial charge >= 0.3 is 0 Å². The van der Waals surface area contributed by atoms with E-state index in [9.17, 15) is 4.79 Å². The fourth-order valence-corrected chi connectivity index (χ4v) is 2.39. The van der Waals surface area contributed by atoms with Crippen molar-refractivity contribution in [1.29, 1.82) is 0 Å². The van der Waals surface area contributed by atoms with Gasteiger partial charge in [0.25, 0.3) is 0 Å². The molecule has 0 spiro atoms. The summed E-state index contributed by atoms with van der Waals surface area (Å²) in [6.45, 7) is 12.3. The highest BCUT2D eigenvalue weighted by atomic mass is 16.5. The predicted octanol–water partition coefficient (Wildman–Crippen LogP) is 2.49. The minimum absolute atomic E-state index is 0.0807. The molecular formula is C14H27NO2. The van der Waals surface area contributed by atoms with Crippen LogP contribution in [-0.2, 0) is 9.53 Å². The van der Waals surface area contributed by atoms with Gasteiger partial charge in [-0.15, -0.1) is 0 Å². The SMILES string of the molecule is CCC(=O)C1CC(OCC(C)C)CN1C(C)C. The van der Waals surface area contributed by atoms with Crippen LogP contribution in [0.4, 0.5) is 0 Å². The van der Waals surface area contributed by atoms with Gasteiger partial charge < -0.3 is 4.74 Å². The van der Waals surface area contributed by atoms with E-state index in [1.165, 1.54) is 0 Å². The van der Waals surface area contributed by atoms with Crippen LogP contribution in [0.15, 0.2) is 0 Å². The zero-order valence-electron chi connectivity index (χ0n) is 11.9. The van der Waals surface area contributed by atoms with Crippen LogP contribution in [0.5, 0.6) is 0 Å². The van der Waals surface area contributed by atoms with Gasteiger partial charge in [0.15, 0.2) is 0 Å². The second-order valence-electron chi connectivity index (χ2n) is 5.71. The van der Waals surface area contributed by atoms with Crippen LogP contribution in [0, 0.1) is 5.92 Å². The summed E-state index contributed by atoms with van der Waals surface area (Å²) < 4.78 is 5.88. The standard InChI is InChI=1S/C14H27NO2/c1-6-14(16)13-7-12(17-9-10(2)3)8-15(13)11(4)5/h10-13H,6-9H2,1-5H3. The van der Waals surface area contributed by atoms with Crippen molar-refractivity contribution >= 4 is 5.78 Å². The molecule has 1 aliphatic heterocycles. The minimum atomic E-state index is 0.0807. The molecule has 1 heterocycles. The number of nitrogens with zero attached hydrogens (tertiary/aromatic N) is 1. The summed E-state index contributed by atoms with van der Waals surface area (Å²) in [6, 6.07) is 0.500. The quantitative estimate of drug-likeness (QED) is 0.715. The zero-order valence-corrected chi connectivity index (χ0v) is 11.9. The van der Waals surface area contributed by atoms with Crippen molar-refractivity contribution in [3.8, 4) is 0 Å². The van der Waals surface area contributed by atoms with E-state index in [2.05, 4.69) is 32.6 Å². The van der Waals surface area contributed by atoms with Gasteiger partial charge in [-0.25, -0.2) is 0 Å². The summed E-state index contributed by atoms with van der Waals surface area (Å²) in [5, 5.41) is 0. The number of Topliss-reactive ketones (excluding diaryl/α,β-unsaturated/α-hetero) is 1. The molecule has 1 rings (SSSR count). The molecule has 0 saturated carbocycles. The third-order valence-corrected chi connectivity index (χ3v) is 3.35. The highest BCUT2D eigenvalue weighted by Gasteiger charge is 2.37. The minimum Gasteiger partial charge on any atom is -0.377 e. The molecular weight excluding hydrogens is 214 g/mol. The molecule has 0 amide bonds. The fraction of sp³-hybridized carbons (Fsp3) is 0.929. The van der Waals surface area contributed by atoms with Crippen LogP contribution >= 0.6 is 0 Å². The van der Waals surface area contributed by atoms with Gasteiger partial charge in [-0.3, -0.25) is 9.69 Å². The molecule has 0 aromatic carbocycles. The Morgan fingerprint density at radius 2 is 2.00 bits per heavy atom. The van der Waals surface area contributed by atoms with E-state index in [0.29, 0.717) is 24.2 Å². The number of carbonyl (C=O) groups excluding carboxylic acids is 1. The van der Waals surface area contributed by atoms with Gasteiger partial charge in [-0.05, 0) is 26.2 Å². The van der Waals surface area contributed by atoms with Gasteiger partial charge in [0.1, 0.15) is 5.78 Å². The number of likely N-dealkylation sites (tertiary alicyclic amines) is 1. The van der Waals surface area contributed by atoms with Crippen molar-refractivity contribution < 1.29 is 9.53 Å². The zero-order chi connectivity index (χ0) is 13.0. The van der Waals surface area contributed by atoms with Crippen molar-refractivity contribution in [2.75, 3.05) is 13.2 Å². The van der Waals surface area contributed by atoms with Crippen molar-refractivity contribution in [3.63, 3.8) is 0 Å². The lowest BCUT2D eigenvalue weighted by atomic mass is 10.1. The Morgan fingerprint density at radius 1 is 1.35 bits per heavy atom. The van der Waals surface area contributed by atoms with E-state index in [-0.39, 0.29) is 12.1 Å². The summed E-state index contributed by atoms with van der Waals surface area (Å²) in [5.41, 5.74) is 0.